The predicted molar refractivity (Wildman–Crippen MR) is 74.5 cm³/mol. The Hall–Kier alpha value is -0.490. The van der Waals surface area contributed by atoms with Crippen molar-refractivity contribution in [3.05, 3.63) is 16.1 Å². The number of aromatic nitrogens is 1. The zero-order chi connectivity index (χ0) is 12.5. The van der Waals surface area contributed by atoms with Gasteiger partial charge >= 0.3 is 0 Å². The smallest absolute Gasteiger partial charge is 0.106 e. The van der Waals surface area contributed by atoms with Crippen LogP contribution in [0.15, 0.2) is 5.38 Å². The second-order valence-corrected chi connectivity index (χ2v) is 6.45. The molecule has 2 saturated heterocycles. The number of hydrogen-bond donors (Lipinski definition) is 1. The third-order valence-electron chi connectivity index (χ3n) is 4.39. The van der Waals surface area contributed by atoms with Gasteiger partial charge in [-0.3, -0.25) is 9.80 Å². The van der Waals surface area contributed by atoms with Crippen molar-refractivity contribution in [2.45, 2.75) is 44.4 Å². The summed E-state index contributed by atoms with van der Waals surface area (Å²) in [5, 5.41) is 3.22. The fourth-order valence-electron chi connectivity index (χ4n) is 3.27. The SMILES string of the molecule is CN1C2CCC1CN(Cc1csc(CN)n1)CC2. The molecule has 3 rings (SSSR count). The molecular formula is C13H22N4S. The second-order valence-electron chi connectivity index (χ2n) is 5.51. The van der Waals surface area contributed by atoms with E-state index in [9.17, 15) is 0 Å². The summed E-state index contributed by atoms with van der Waals surface area (Å²) in [6.07, 6.45) is 4.06. The summed E-state index contributed by atoms with van der Waals surface area (Å²) in [5.74, 6) is 0. The summed E-state index contributed by atoms with van der Waals surface area (Å²) in [7, 11) is 2.29. The Labute approximate surface area is 113 Å². The molecular weight excluding hydrogens is 244 g/mol. The summed E-state index contributed by atoms with van der Waals surface area (Å²) in [6.45, 7) is 3.97. The zero-order valence-corrected chi connectivity index (χ0v) is 11.8. The van der Waals surface area contributed by atoms with Crippen LogP contribution in [0.5, 0.6) is 0 Å². The molecule has 3 heterocycles. The largest absolute Gasteiger partial charge is 0.325 e. The minimum absolute atomic E-state index is 0.568. The van der Waals surface area contributed by atoms with Gasteiger partial charge in [0.25, 0.3) is 0 Å². The van der Waals surface area contributed by atoms with Gasteiger partial charge in [0, 0.05) is 43.6 Å². The van der Waals surface area contributed by atoms with Crippen LogP contribution in [0.25, 0.3) is 0 Å². The topological polar surface area (TPSA) is 45.4 Å². The van der Waals surface area contributed by atoms with Crippen molar-refractivity contribution in [3.63, 3.8) is 0 Å². The minimum atomic E-state index is 0.568. The van der Waals surface area contributed by atoms with Crippen LogP contribution in [-0.2, 0) is 13.1 Å². The number of likely N-dealkylation sites (tertiary alicyclic amines) is 1. The predicted octanol–water partition coefficient (Wildman–Crippen LogP) is 1.27. The van der Waals surface area contributed by atoms with E-state index in [1.165, 1.54) is 38.0 Å². The Morgan fingerprint density at radius 1 is 1.39 bits per heavy atom. The fraction of sp³-hybridized carbons (Fsp3) is 0.769. The third kappa shape index (κ3) is 2.45. The quantitative estimate of drug-likeness (QED) is 0.895. The van der Waals surface area contributed by atoms with Gasteiger partial charge in [0.15, 0.2) is 0 Å². The van der Waals surface area contributed by atoms with Gasteiger partial charge in [-0.05, 0) is 26.3 Å². The Kier molecular flexibility index (Phi) is 3.66. The Morgan fingerprint density at radius 3 is 3.00 bits per heavy atom. The number of thiazole rings is 1. The van der Waals surface area contributed by atoms with Gasteiger partial charge in [-0.1, -0.05) is 0 Å². The molecule has 2 fully saturated rings. The number of fused-ring (bicyclic) bond motifs is 2. The van der Waals surface area contributed by atoms with E-state index in [2.05, 4.69) is 27.2 Å². The highest BCUT2D eigenvalue weighted by molar-refractivity contribution is 7.09. The molecule has 0 saturated carbocycles. The van der Waals surface area contributed by atoms with Gasteiger partial charge in [0.1, 0.15) is 5.01 Å². The molecule has 2 aliphatic rings. The zero-order valence-electron chi connectivity index (χ0n) is 11.0. The molecule has 2 unspecified atom stereocenters. The van der Waals surface area contributed by atoms with Crippen molar-refractivity contribution in [1.82, 2.24) is 14.8 Å². The normalized spacial score (nSPS) is 29.7. The van der Waals surface area contributed by atoms with Gasteiger partial charge < -0.3 is 5.73 Å². The first-order valence-electron chi connectivity index (χ1n) is 6.84. The lowest BCUT2D eigenvalue weighted by Gasteiger charge is -2.24. The lowest BCUT2D eigenvalue weighted by atomic mass is 10.1. The number of hydrogen-bond acceptors (Lipinski definition) is 5. The van der Waals surface area contributed by atoms with Crippen molar-refractivity contribution in [2.24, 2.45) is 5.73 Å². The standard InChI is InChI=1S/C13H22N4S/c1-16-11-2-3-12(16)8-17(5-4-11)7-10-9-18-13(6-14)15-10/h9,11-12H,2-8,14H2,1H3. The van der Waals surface area contributed by atoms with E-state index in [1.54, 1.807) is 11.3 Å². The molecule has 0 radical (unpaired) electrons. The average Bonchev–Trinajstić information content (AvgIpc) is 2.89. The molecule has 18 heavy (non-hydrogen) atoms. The highest BCUT2D eigenvalue weighted by atomic mass is 32.1. The number of rotatable bonds is 3. The molecule has 1 aromatic heterocycles. The molecule has 4 nitrogen and oxygen atoms in total. The van der Waals surface area contributed by atoms with E-state index in [0.717, 1.165) is 23.6 Å². The van der Waals surface area contributed by atoms with Crippen LogP contribution in [0.3, 0.4) is 0 Å². The van der Waals surface area contributed by atoms with Gasteiger partial charge in [-0.2, -0.15) is 0 Å². The van der Waals surface area contributed by atoms with Crippen molar-refractivity contribution in [1.29, 1.82) is 0 Å². The molecule has 2 aliphatic heterocycles. The second kappa shape index (κ2) is 5.25. The molecule has 0 amide bonds. The fourth-order valence-corrected chi connectivity index (χ4v) is 3.93. The van der Waals surface area contributed by atoms with Crippen LogP contribution >= 0.6 is 11.3 Å². The third-order valence-corrected chi connectivity index (χ3v) is 5.31. The first-order chi connectivity index (χ1) is 8.76. The highest BCUT2D eigenvalue weighted by Gasteiger charge is 2.34. The van der Waals surface area contributed by atoms with E-state index in [-0.39, 0.29) is 0 Å². The van der Waals surface area contributed by atoms with Crippen LogP contribution in [0.2, 0.25) is 0 Å². The lowest BCUT2D eigenvalue weighted by Crippen LogP contribution is -2.36. The Morgan fingerprint density at radius 2 is 2.22 bits per heavy atom. The van der Waals surface area contributed by atoms with E-state index < -0.39 is 0 Å². The van der Waals surface area contributed by atoms with Crippen molar-refractivity contribution in [2.75, 3.05) is 20.1 Å². The highest BCUT2D eigenvalue weighted by Crippen LogP contribution is 2.29. The first-order valence-corrected chi connectivity index (χ1v) is 7.72. The molecule has 5 heteroatoms. The van der Waals surface area contributed by atoms with Crippen LogP contribution in [-0.4, -0.2) is 47.0 Å². The van der Waals surface area contributed by atoms with E-state index in [4.69, 9.17) is 5.73 Å². The number of nitrogens with two attached hydrogens (primary N) is 1. The summed E-state index contributed by atoms with van der Waals surface area (Å²) in [5.41, 5.74) is 6.81. The molecule has 2 atom stereocenters. The van der Waals surface area contributed by atoms with Crippen molar-refractivity contribution in [3.8, 4) is 0 Å². The summed E-state index contributed by atoms with van der Waals surface area (Å²) >= 11 is 1.69. The molecule has 0 aromatic carbocycles. The van der Waals surface area contributed by atoms with Crippen LogP contribution in [0.1, 0.15) is 30.0 Å². The molecule has 2 N–H and O–H groups in total. The number of nitrogens with zero attached hydrogens (tertiary/aromatic N) is 3. The Bertz CT molecular complexity index is 405. The maximum atomic E-state index is 5.62. The molecule has 1 aromatic rings. The maximum Gasteiger partial charge on any atom is 0.106 e. The summed E-state index contributed by atoms with van der Waals surface area (Å²) in [6, 6.07) is 1.57. The summed E-state index contributed by atoms with van der Waals surface area (Å²) < 4.78 is 0. The first kappa shape index (κ1) is 12.5. The molecule has 0 spiro atoms. The van der Waals surface area contributed by atoms with E-state index in [1.807, 2.05) is 0 Å². The molecule has 100 valence electrons. The van der Waals surface area contributed by atoms with Gasteiger partial charge in [-0.25, -0.2) is 4.98 Å². The molecule has 0 aliphatic carbocycles. The van der Waals surface area contributed by atoms with E-state index >= 15 is 0 Å². The van der Waals surface area contributed by atoms with Crippen molar-refractivity contribution < 1.29 is 0 Å². The maximum absolute atomic E-state index is 5.62. The van der Waals surface area contributed by atoms with Crippen LogP contribution in [0.4, 0.5) is 0 Å². The van der Waals surface area contributed by atoms with Crippen LogP contribution < -0.4 is 5.73 Å². The summed E-state index contributed by atoms with van der Waals surface area (Å²) in [4.78, 5) is 9.73. The average molecular weight is 266 g/mol. The van der Waals surface area contributed by atoms with Crippen LogP contribution in [0, 0.1) is 0 Å². The van der Waals surface area contributed by atoms with Gasteiger partial charge in [0.05, 0.1) is 5.69 Å². The molecule has 2 bridgehead atoms. The minimum Gasteiger partial charge on any atom is -0.325 e. The van der Waals surface area contributed by atoms with Gasteiger partial charge in [0.2, 0.25) is 0 Å². The van der Waals surface area contributed by atoms with Gasteiger partial charge in [-0.15, -0.1) is 11.3 Å². The Balaban J connectivity index is 1.63. The monoisotopic (exact) mass is 266 g/mol. The van der Waals surface area contributed by atoms with E-state index in [0.29, 0.717) is 6.54 Å². The lowest BCUT2D eigenvalue weighted by molar-refractivity contribution is 0.213. The number of likely N-dealkylation sites (N-methyl/N-ethyl adjacent to an activating group) is 1. The van der Waals surface area contributed by atoms with Crippen molar-refractivity contribution >= 4 is 11.3 Å².